The van der Waals surface area contributed by atoms with E-state index in [-0.39, 0.29) is 18.0 Å². The SMILES string of the molecule is CCCCCCCCCC(=O)OCCC(CCCCCCCC)OC(=O)CCCCCCCCC. The van der Waals surface area contributed by atoms with Crippen molar-refractivity contribution in [2.45, 2.75) is 181 Å². The molecule has 0 aliphatic heterocycles. The van der Waals surface area contributed by atoms with Crippen LogP contribution < -0.4 is 0 Å². The minimum Gasteiger partial charge on any atom is -0.466 e. The summed E-state index contributed by atoms with van der Waals surface area (Å²) in [6.45, 7) is 7.05. The highest BCUT2D eigenvalue weighted by atomic mass is 16.6. The van der Waals surface area contributed by atoms with Gasteiger partial charge < -0.3 is 9.47 Å². The minimum absolute atomic E-state index is 0.0797. The molecule has 0 rings (SSSR count). The molecule has 35 heavy (non-hydrogen) atoms. The second-order valence-corrected chi connectivity index (χ2v) is 10.4. The molecule has 0 amide bonds. The van der Waals surface area contributed by atoms with Crippen LogP contribution in [-0.4, -0.2) is 24.6 Å². The van der Waals surface area contributed by atoms with Crippen LogP contribution in [0, 0.1) is 0 Å². The van der Waals surface area contributed by atoms with Crippen molar-refractivity contribution in [2.24, 2.45) is 0 Å². The van der Waals surface area contributed by atoms with E-state index in [9.17, 15) is 9.59 Å². The minimum atomic E-state index is -0.121. The van der Waals surface area contributed by atoms with Crippen LogP contribution in [0.1, 0.15) is 175 Å². The molecule has 0 aromatic carbocycles. The number of esters is 2. The van der Waals surface area contributed by atoms with Crippen LogP contribution in [-0.2, 0) is 19.1 Å². The molecule has 0 radical (unpaired) electrons. The molecule has 0 bridgehead atoms. The van der Waals surface area contributed by atoms with Gasteiger partial charge in [0.2, 0.25) is 0 Å². The summed E-state index contributed by atoms with van der Waals surface area (Å²) in [6, 6.07) is 0. The van der Waals surface area contributed by atoms with Crippen molar-refractivity contribution in [1.29, 1.82) is 0 Å². The molecule has 0 heterocycles. The fourth-order valence-corrected chi connectivity index (χ4v) is 4.49. The van der Waals surface area contributed by atoms with Crippen molar-refractivity contribution in [2.75, 3.05) is 6.61 Å². The van der Waals surface area contributed by atoms with E-state index in [1.807, 2.05) is 0 Å². The Morgan fingerprint density at radius 3 is 1.37 bits per heavy atom. The third kappa shape index (κ3) is 25.8. The van der Waals surface area contributed by atoms with E-state index in [4.69, 9.17) is 9.47 Å². The lowest BCUT2D eigenvalue weighted by Gasteiger charge is -2.18. The van der Waals surface area contributed by atoms with Crippen LogP contribution in [0.3, 0.4) is 0 Å². The average Bonchev–Trinajstić information content (AvgIpc) is 2.84. The molecule has 0 aliphatic rings. The van der Waals surface area contributed by atoms with E-state index in [1.54, 1.807) is 0 Å². The third-order valence-corrected chi connectivity index (χ3v) is 6.85. The topological polar surface area (TPSA) is 52.6 Å². The summed E-state index contributed by atoms with van der Waals surface area (Å²) in [5.74, 6) is -0.185. The lowest BCUT2D eigenvalue weighted by Crippen LogP contribution is -2.21. The first-order valence-corrected chi connectivity index (χ1v) is 15.5. The monoisotopic (exact) mass is 496 g/mol. The maximum absolute atomic E-state index is 12.4. The average molecular weight is 497 g/mol. The largest absolute Gasteiger partial charge is 0.466 e. The predicted octanol–water partition coefficient (Wildman–Crippen LogP) is 9.86. The van der Waals surface area contributed by atoms with E-state index in [1.165, 1.54) is 96.3 Å². The van der Waals surface area contributed by atoms with Crippen molar-refractivity contribution in [3.8, 4) is 0 Å². The van der Waals surface area contributed by atoms with Gasteiger partial charge in [0.05, 0.1) is 6.61 Å². The Hall–Kier alpha value is -1.06. The van der Waals surface area contributed by atoms with Crippen LogP contribution in [0.15, 0.2) is 0 Å². The Labute approximate surface area is 218 Å². The fourth-order valence-electron chi connectivity index (χ4n) is 4.49. The van der Waals surface area contributed by atoms with Crippen molar-refractivity contribution < 1.29 is 19.1 Å². The molecule has 0 spiro atoms. The van der Waals surface area contributed by atoms with Crippen LogP contribution in [0.5, 0.6) is 0 Å². The standard InChI is InChI=1S/C31H60O4/c1-4-7-10-13-16-19-22-25-30(32)34-28-27-29(24-21-18-15-12-9-6-3)35-31(33)26-23-20-17-14-11-8-5-2/h29H,4-28H2,1-3H3. The van der Waals surface area contributed by atoms with Gasteiger partial charge in [-0.2, -0.15) is 0 Å². The predicted molar refractivity (Wildman–Crippen MR) is 149 cm³/mol. The second-order valence-electron chi connectivity index (χ2n) is 10.4. The maximum Gasteiger partial charge on any atom is 0.306 e. The number of hydrogen-bond donors (Lipinski definition) is 0. The molecular weight excluding hydrogens is 436 g/mol. The summed E-state index contributed by atoms with van der Waals surface area (Å²) >= 11 is 0. The molecular formula is C31H60O4. The summed E-state index contributed by atoms with van der Waals surface area (Å²) in [7, 11) is 0. The summed E-state index contributed by atoms with van der Waals surface area (Å²) in [5.41, 5.74) is 0. The molecule has 0 aromatic rings. The second kappa shape index (κ2) is 27.5. The van der Waals surface area contributed by atoms with Gasteiger partial charge in [0.1, 0.15) is 6.10 Å². The van der Waals surface area contributed by atoms with Gasteiger partial charge >= 0.3 is 11.9 Å². The number of ether oxygens (including phenoxy) is 2. The molecule has 4 nitrogen and oxygen atoms in total. The van der Waals surface area contributed by atoms with Gasteiger partial charge in [-0.15, -0.1) is 0 Å². The van der Waals surface area contributed by atoms with Gasteiger partial charge in [0.15, 0.2) is 0 Å². The summed E-state index contributed by atoms with van der Waals surface area (Å²) < 4.78 is 11.3. The Morgan fingerprint density at radius 1 is 0.486 bits per heavy atom. The van der Waals surface area contributed by atoms with Gasteiger partial charge in [-0.05, 0) is 25.7 Å². The van der Waals surface area contributed by atoms with E-state index in [2.05, 4.69) is 20.8 Å². The number of hydrogen-bond acceptors (Lipinski definition) is 4. The maximum atomic E-state index is 12.4. The third-order valence-electron chi connectivity index (χ3n) is 6.85. The zero-order chi connectivity index (χ0) is 25.8. The van der Waals surface area contributed by atoms with Crippen LogP contribution in [0.25, 0.3) is 0 Å². The van der Waals surface area contributed by atoms with Crippen molar-refractivity contribution >= 4 is 11.9 Å². The van der Waals surface area contributed by atoms with Gasteiger partial charge in [0, 0.05) is 19.3 Å². The van der Waals surface area contributed by atoms with Gasteiger partial charge in [0.25, 0.3) is 0 Å². The highest BCUT2D eigenvalue weighted by Gasteiger charge is 2.15. The van der Waals surface area contributed by atoms with Crippen LogP contribution >= 0.6 is 0 Å². The normalized spacial score (nSPS) is 12.0. The molecule has 208 valence electrons. The molecule has 0 saturated carbocycles. The Kier molecular flexibility index (Phi) is 26.7. The quantitative estimate of drug-likeness (QED) is 0.0838. The number of rotatable bonds is 27. The zero-order valence-electron chi connectivity index (χ0n) is 23.9. The lowest BCUT2D eigenvalue weighted by atomic mass is 10.1. The number of unbranched alkanes of at least 4 members (excludes halogenated alkanes) is 17. The number of carbonyl (C=O) groups excluding carboxylic acids is 2. The first kappa shape index (κ1) is 33.9. The molecule has 0 aliphatic carbocycles. The highest BCUT2D eigenvalue weighted by molar-refractivity contribution is 5.69. The molecule has 0 fully saturated rings. The first-order chi connectivity index (χ1) is 17.1. The van der Waals surface area contributed by atoms with Crippen molar-refractivity contribution in [3.05, 3.63) is 0 Å². The number of carbonyl (C=O) groups is 2. The Bertz CT molecular complexity index is 463. The molecule has 1 atom stereocenters. The van der Waals surface area contributed by atoms with Crippen LogP contribution in [0.2, 0.25) is 0 Å². The first-order valence-electron chi connectivity index (χ1n) is 15.5. The molecule has 0 N–H and O–H groups in total. The smallest absolute Gasteiger partial charge is 0.306 e. The van der Waals surface area contributed by atoms with Crippen molar-refractivity contribution in [3.63, 3.8) is 0 Å². The summed E-state index contributed by atoms with van der Waals surface area (Å²) in [4.78, 5) is 24.5. The highest BCUT2D eigenvalue weighted by Crippen LogP contribution is 2.16. The van der Waals surface area contributed by atoms with Crippen LogP contribution in [0.4, 0.5) is 0 Å². The van der Waals surface area contributed by atoms with E-state index < -0.39 is 0 Å². The zero-order valence-corrected chi connectivity index (χ0v) is 23.9. The van der Waals surface area contributed by atoms with E-state index in [0.29, 0.717) is 25.9 Å². The van der Waals surface area contributed by atoms with Gasteiger partial charge in [-0.3, -0.25) is 9.59 Å². The summed E-state index contributed by atoms with van der Waals surface area (Å²) in [5, 5.41) is 0. The molecule has 1 unspecified atom stereocenters. The molecule has 4 heteroatoms. The Morgan fingerprint density at radius 2 is 0.886 bits per heavy atom. The molecule has 0 aromatic heterocycles. The summed E-state index contributed by atoms with van der Waals surface area (Å²) in [6.07, 6.45) is 26.5. The van der Waals surface area contributed by atoms with E-state index >= 15 is 0 Å². The van der Waals surface area contributed by atoms with Gasteiger partial charge in [-0.1, -0.05) is 130 Å². The van der Waals surface area contributed by atoms with E-state index in [0.717, 1.165) is 38.5 Å². The Balaban J connectivity index is 4.12. The lowest BCUT2D eigenvalue weighted by molar-refractivity contribution is -0.151. The fraction of sp³-hybridized carbons (Fsp3) is 0.935. The van der Waals surface area contributed by atoms with Crippen molar-refractivity contribution in [1.82, 2.24) is 0 Å². The van der Waals surface area contributed by atoms with Gasteiger partial charge in [-0.25, -0.2) is 0 Å². The molecule has 0 saturated heterocycles.